The van der Waals surface area contributed by atoms with Gasteiger partial charge in [-0.3, -0.25) is 4.99 Å². The molecule has 0 aromatic carbocycles. The molecule has 1 aromatic rings. The zero-order valence-electron chi connectivity index (χ0n) is 16.4. The lowest BCUT2D eigenvalue weighted by Gasteiger charge is -2.33. The summed E-state index contributed by atoms with van der Waals surface area (Å²) in [5, 5.41) is 6.91. The normalized spacial score (nSPS) is 21.4. The maximum atomic E-state index is 5.70. The van der Waals surface area contributed by atoms with Gasteiger partial charge in [0.15, 0.2) is 5.96 Å². The van der Waals surface area contributed by atoms with Gasteiger partial charge >= 0.3 is 0 Å². The Labute approximate surface area is 162 Å². The van der Waals surface area contributed by atoms with Crippen molar-refractivity contribution in [3.63, 3.8) is 0 Å². The second-order valence-corrected chi connectivity index (χ2v) is 7.06. The van der Waals surface area contributed by atoms with Crippen LogP contribution in [0.4, 0.5) is 5.82 Å². The Hall–Kier alpha value is -1.86. The number of aliphatic imine (C=N–C) groups is 1. The molecule has 1 aromatic heterocycles. The number of aromatic nitrogens is 1. The van der Waals surface area contributed by atoms with Crippen molar-refractivity contribution in [1.82, 2.24) is 15.6 Å². The van der Waals surface area contributed by atoms with Gasteiger partial charge in [-0.05, 0) is 44.7 Å². The maximum absolute atomic E-state index is 5.70. The minimum absolute atomic E-state index is 0.282. The number of nitrogens with one attached hydrogen (secondary N) is 2. The van der Waals surface area contributed by atoms with Gasteiger partial charge in [-0.25, -0.2) is 4.98 Å². The molecule has 7 heteroatoms. The van der Waals surface area contributed by atoms with Gasteiger partial charge in [0.2, 0.25) is 0 Å². The zero-order valence-corrected chi connectivity index (χ0v) is 16.4. The van der Waals surface area contributed by atoms with Crippen molar-refractivity contribution in [3.8, 4) is 0 Å². The minimum Gasteiger partial charge on any atom is -0.377 e. The van der Waals surface area contributed by atoms with Crippen LogP contribution in [-0.4, -0.2) is 69.1 Å². The zero-order chi connectivity index (χ0) is 18.7. The number of hydrogen-bond donors (Lipinski definition) is 2. The van der Waals surface area contributed by atoms with E-state index in [0.29, 0.717) is 25.8 Å². The van der Waals surface area contributed by atoms with E-state index in [2.05, 4.69) is 38.5 Å². The first-order valence-electron chi connectivity index (χ1n) is 10.3. The van der Waals surface area contributed by atoms with Crippen molar-refractivity contribution in [2.24, 2.45) is 4.99 Å². The summed E-state index contributed by atoms with van der Waals surface area (Å²) in [5.41, 5.74) is 0. The van der Waals surface area contributed by atoms with E-state index in [1.54, 1.807) is 0 Å². The van der Waals surface area contributed by atoms with Crippen LogP contribution < -0.4 is 15.5 Å². The number of anilines is 1. The largest absolute Gasteiger partial charge is 0.377 e. The highest BCUT2D eigenvalue weighted by molar-refractivity contribution is 5.80. The van der Waals surface area contributed by atoms with Gasteiger partial charge in [-0.15, -0.1) is 0 Å². The van der Waals surface area contributed by atoms with Crippen molar-refractivity contribution in [3.05, 3.63) is 24.4 Å². The molecule has 2 aliphatic heterocycles. The SMILES string of the molecule is CCNC(=NCCOCC1CCCO1)NC1CCN(c2ccccn2)CC1. The van der Waals surface area contributed by atoms with E-state index in [1.165, 1.54) is 0 Å². The lowest BCUT2D eigenvalue weighted by atomic mass is 10.1. The van der Waals surface area contributed by atoms with Crippen molar-refractivity contribution in [1.29, 1.82) is 0 Å². The minimum atomic E-state index is 0.282. The summed E-state index contributed by atoms with van der Waals surface area (Å²) in [6.45, 7) is 7.83. The molecule has 0 amide bonds. The molecule has 27 heavy (non-hydrogen) atoms. The number of hydrogen-bond acceptors (Lipinski definition) is 5. The van der Waals surface area contributed by atoms with E-state index < -0.39 is 0 Å². The average molecular weight is 376 g/mol. The van der Waals surface area contributed by atoms with Crippen LogP contribution in [0.15, 0.2) is 29.4 Å². The Morgan fingerprint density at radius 1 is 1.33 bits per heavy atom. The molecule has 0 bridgehead atoms. The van der Waals surface area contributed by atoms with Crippen molar-refractivity contribution < 1.29 is 9.47 Å². The fraction of sp³-hybridized carbons (Fsp3) is 0.700. The molecule has 2 aliphatic rings. The van der Waals surface area contributed by atoms with Gasteiger partial charge in [0.05, 0.1) is 25.9 Å². The molecule has 7 nitrogen and oxygen atoms in total. The lowest BCUT2D eigenvalue weighted by Crippen LogP contribution is -2.49. The Bertz CT molecular complexity index is 555. The third-order valence-electron chi connectivity index (χ3n) is 4.99. The summed E-state index contributed by atoms with van der Waals surface area (Å²) >= 11 is 0. The summed E-state index contributed by atoms with van der Waals surface area (Å²) in [5.74, 6) is 1.95. The molecule has 2 saturated heterocycles. The van der Waals surface area contributed by atoms with Crippen LogP contribution in [0, 0.1) is 0 Å². The molecular formula is C20H33N5O2. The fourth-order valence-electron chi connectivity index (χ4n) is 3.52. The monoisotopic (exact) mass is 375 g/mol. The van der Waals surface area contributed by atoms with Gasteiger partial charge in [0, 0.05) is 38.5 Å². The molecule has 1 atom stereocenters. The van der Waals surface area contributed by atoms with Crippen LogP contribution >= 0.6 is 0 Å². The molecular weight excluding hydrogens is 342 g/mol. The van der Waals surface area contributed by atoms with E-state index in [1.807, 2.05) is 18.3 Å². The first kappa shape index (κ1) is 19.9. The Kier molecular flexibility index (Phi) is 8.17. The number of piperidine rings is 1. The number of rotatable bonds is 8. The second-order valence-electron chi connectivity index (χ2n) is 7.06. The number of pyridine rings is 1. The molecule has 0 radical (unpaired) electrons. The molecule has 0 spiro atoms. The Morgan fingerprint density at radius 2 is 2.22 bits per heavy atom. The number of ether oxygens (including phenoxy) is 2. The van der Waals surface area contributed by atoms with Gasteiger partial charge in [0.1, 0.15) is 5.82 Å². The summed E-state index contributed by atoms with van der Waals surface area (Å²) < 4.78 is 11.3. The predicted molar refractivity (Wildman–Crippen MR) is 108 cm³/mol. The standard InChI is InChI=1S/C20H33N5O2/c1-2-21-20(23-11-15-26-16-18-6-5-14-27-18)24-17-8-12-25(13-9-17)19-7-3-4-10-22-19/h3-4,7,10,17-18H,2,5-6,8-9,11-16H2,1H3,(H2,21,23,24). The first-order valence-corrected chi connectivity index (χ1v) is 10.3. The van der Waals surface area contributed by atoms with Crippen LogP contribution in [-0.2, 0) is 9.47 Å². The van der Waals surface area contributed by atoms with Crippen molar-refractivity contribution in [2.45, 2.75) is 44.8 Å². The highest BCUT2D eigenvalue weighted by Crippen LogP contribution is 2.17. The third kappa shape index (κ3) is 6.66. The van der Waals surface area contributed by atoms with E-state index in [4.69, 9.17) is 9.47 Å². The molecule has 150 valence electrons. The first-order chi connectivity index (χ1) is 13.3. The summed E-state index contributed by atoms with van der Waals surface area (Å²) in [6, 6.07) is 6.52. The fourth-order valence-corrected chi connectivity index (χ4v) is 3.52. The lowest BCUT2D eigenvalue weighted by molar-refractivity contribution is 0.0200. The topological polar surface area (TPSA) is 71.0 Å². The smallest absolute Gasteiger partial charge is 0.191 e. The van der Waals surface area contributed by atoms with Crippen molar-refractivity contribution in [2.75, 3.05) is 50.9 Å². The van der Waals surface area contributed by atoms with Gasteiger partial charge in [-0.1, -0.05) is 6.07 Å². The van der Waals surface area contributed by atoms with Crippen LogP contribution in [0.3, 0.4) is 0 Å². The quantitative estimate of drug-likeness (QED) is 0.410. The Balaban J connectivity index is 1.37. The maximum Gasteiger partial charge on any atom is 0.191 e. The Morgan fingerprint density at radius 3 is 2.93 bits per heavy atom. The van der Waals surface area contributed by atoms with E-state index in [9.17, 15) is 0 Å². The molecule has 3 heterocycles. The van der Waals surface area contributed by atoms with Crippen LogP contribution in [0.25, 0.3) is 0 Å². The molecule has 0 aliphatic carbocycles. The summed E-state index contributed by atoms with van der Waals surface area (Å²) in [4.78, 5) is 11.5. The van der Waals surface area contributed by atoms with E-state index >= 15 is 0 Å². The summed E-state index contributed by atoms with van der Waals surface area (Å²) in [7, 11) is 0. The van der Waals surface area contributed by atoms with Gasteiger partial charge in [0.25, 0.3) is 0 Å². The van der Waals surface area contributed by atoms with Crippen LogP contribution in [0.5, 0.6) is 0 Å². The van der Waals surface area contributed by atoms with Crippen molar-refractivity contribution >= 4 is 11.8 Å². The molecule has 0 saturated carbocycles. The van der Waals surface area contributed by atoms with Crippen LogP contribution in [0.2, 0.25) is 0 Å². The predicted octanol–water partition coefficient (Wildman–Crippen LogP) is 1.80. The third-order valence-corrected chi connectivity index (χ3v) is 4.99. The summed E-state index contributed by atoms with van der Waals surface area (Å²) in [6.07, 6.45) is 6.57. The molecule has 3 rings (SSSR count). The van der Waals surface area contributed by atoms with E-state index in [0.717, 1.165) is 63.7 Å². The van der Waals surface area contributed by atoms with Gasteiger partial charge < -0.3 is 25.0 Å². The molecule has 2 fully saturated rings. The molecule has 2 N–H and O–H groups in total. The van der Waals surface area contributed by atoms with Crippen LogP contribution in [0.1, 0.15) is 32.6 Å². The molecule has 1 unspecified atom stereocenters. The highest BCUT2D eigenvalue weighted by atomic mass is 16.5. The van der Waals surface area contributed by atoms with E-state index in [-0.39, 0.29) is 6.10 Å². The van der Waals surface area contributed by atoms with Gasteiger partial charge in [-0.2, -0.15) is 0 Å². The number of guanidine groups is 1. The second kappa shape index (κ2) is 11.1. The average Bonchev–Trinajstić information content (AvgIpc) is 3.23. The highest BCUT2D eigenvalue weighted by Gasteiger charge is 2.20. The number of nitrogens with zero attached hydrogens (tertiary/aromatic N) is 3.